The van der Waals surface area contributed by atoms with E-state index in [-0.39, 0.29) is 11.9 Å². The van der Waals surface area contributed by atoms with Crippen molar-refractivity contribution in [3.8, 4) is 0 Å². The summed E-state index contributed by atoms with van der Waals surface area (Å²) in [5.41, 5.74) is 3.53. The number of morpholine rings is 1. The topological polar surface area (TPSA) is 92.5 Å². The Balaban J connectivity index is 2.02. The standard InChI is InChI=1S/C13H21N5O2/c1-2-15-13(19)11-9-20-6-5-18(11)8-10-3-4-12(17-14)16-7-10/h3-4,7,11H,2,5-6,8-9,14H2,1H3,(H,15,19)(H,16,17). The summed E-state index contributed by atoms with van der Waals surface area (Å²) >= 11 is 0. The van der Waals surface area contributed by atoms with Gasteiger partial charge < -0.3 is 15.5 Å². The molecule has 0 saturated carbocycles. The molecule has 1 aromatic rings. The van der Waals surface area contributed by atoms with Crippen LogP contribution in [0.3, 0.4) is 0 Å². The minimum atomic E-state index is -0.240. The second kappa shape index (κ2) is 7.18. The number of rotatable bonds is 5. The summed E-state index contributed by atoms with van der Waals surface area (Å²) in [7, 11) is 0. The molecule has 1 aromatic heterocycles. The van der Waals surface area contributed by atoms with Crippen molar-refractivity contribution >= 4 is 11.7 Å². The first-order valence-electron chi connectivity index (χ1n) is 6.75. The summed E-state index contributed by atoms with van der Waals surface area (Å²) in [5, 5.41) is 2.85. The fourth-order valence-electron chi connectivity index (χ4n) is 2.20. The first-order chi connectivity index (χ1) is 9.74. The second-order valence-corrected chi connectivity index (χ2v) is 4.65. The zero-order valence-electron chi connectivity index (χ0n) is 11.6. The predicted molar refractivity (Wildman–Crippen MR) is 75.7 cm³/mol. The van der Waals surface area contributed by atoms with Crippen molar-refractivity contribution < 1.29 is 9.53 Å². The predicted octanol–water partition coefficient (Wildman–Crippen LogP) is -0.296. The molecule has 0 radical (unpaired) electrons. The molecule has 0 spiro atoms. The highest BCUT2D eigenvalue weighted by Crippen LogP contribution is 2.13. The summed E-state index contributed by atoms with van der Waals surface area (Å²) in [6, 6.07) is 3.53. The van der Waals surface area contributed by atoms with E-state index in [4.69, 9.17) is 10.6 Å². The van der Waals surface area contributed by atoms with Gasteiger partial charge in [-0.2, -0.15) is 0 Å². The SMILES string of the molecule is CCNC(=O)C1COCCN1Cc1ccc(NN)nc1. The average molecular weight is 279 g/mol. The largest absolute Gasteiger partial charge is 0.378 e. The molecule has 7 heteroatoms. The number of aromatic nitrogens is 1. The number of likely N-dealkylation sites (N-methyl/N-ethyl adjacent to an activating group) is 1. The molecule has 0 aliphatic carbocycles. The number of anilines is 1. The zero-order valence-corrected chi connectivity index (χ0v) is 11.6. The lowest BCUT2D eigenvalue weighted by Gasteiger charge is -2.34. The number of nitrogens with zero attached hydrogens (tertiary/aromatic N) is 2. The average Bonchev–Trinajstić information content (AvgIpc) is 2.49. The van der Waals surface area contributed by atoms with Crippen LogP contribution in [0.2, 0.25) is 0 Å². The minimum absolute atomic E-state index is 0.0143. The van der Waals surface area contributed by atoms with Crippen LogP contribution in [-0.2, 0) is 16.1 Å². The maximum absolute atomic E-state index is 12.0. The van der Waals surface area contributed by atoms with Crippen LogP contribution in [0.5, 0.6) is 0 Å². The Morgan fingerprint density at radius 1 is 1.60 bits per heavy atom. The fraction of sp³-hybridized carbons (Fsp3) is 0.538. The lowest BCUT2D eigenvalue weighted by atomic mass is 10.1. The second-order valence-electron chi connectivity index (χ2n) is 4.65. The van der Waals surface area contributed by atoms with Crippen LogP contribution in [0.25, 0.3) is 0 Å². The van der Waals surface area contributed by atoms with Crippen LogP contribution in [-0.4, -0.2) is 48.1 Å². The molecule has 1 atom stereocenters. The van der Waals surface area contributed by atoms with Crippen LogP contribution in [0.15, 0.2) is 18.3 Å². The Labute approximate surface area is 118 Å². The number of nitrogens with one attached hydrogen (secondary N) is 2. The Morgan fingerprint density at radius 2 is 2.45 bits per heavy atom. The number of hydrogen-bond donors (Lipinski definition) is 3. The maximum Gasteiger partial charge on any atom is 0.239 e. The van der Waals surface area contributed by atoms with Gasteiger partial charge in [0, 0.05) is 25.8 Å². The number of nitrogens with two attached hydrogens (primary N) is 1. The van der Waals surface area contributed by atoms with Gasteiger partial charge in [-0.25, -0.2) is 10.8 Å². The highest BCUT2D eigenvalue weighted by atomic mass is 16.5. The maximum atomic E-state index is 12.0. The Morgan fingerprint density at radius 3 is 3.10 bits per heavy atom. The molecule has 2 heterocycles. The van der Waals surface area contributed by atoms with E-state index in [0.717, 1.165) is 12.1 Å². The molecule has 0 aromatic carbocycles. The third-order valence-electron chi connectivity index (χ3n) is 3.25. The Bertz CT molecular complexity index is 437. The third kappa shape index (κ3) is 3.66. The lowest BCUT2D eigenvalue weighted by molar-refractivity contribution is -0.132. The van der Waals surface area contributed by atoms with Gasteiger partial charge >= 0.3 is 0 Å². The van der Waals surface area contributed by atoms with Gasteiger partial charge in [0.2, 0.25) is 5.91 Å². The molecule has 1 aliphatic rings. The van der Waals surface area contributed by atoms with Gasteiger partial charge in [-0.05, 0) is 18.6 Å². The van der Waals surface area contributed by atoms with Crippen molar-refractivity contribution in [1.82, 2.24) is 15.2 Å². The van der Waals surface area contributed by atoms with Crippen LogP contribution in [0.4, 0.5) is 5.82 Å². The van der Waals surface area contributed by atoms with Crippen molar-refractivity contribution in [1.29, 1.82) is 0 Å². The van der Waals surface area contributed by atoms with Crippen molar-refractivity contribution in [2.75, 3.05) is 31.7 Å². The van der Waals surface area contributed by atoms with E-state index in [1.807, 2.05) is 19.1 Å². The lowest BCUT2D eigenvalue weighted by Crippen LogP contribution is -2.53. The molecule has 110 valence electrons. The highest BCUT2D eigenvalue weighted by Gasteiger charge is 2.28. The van der Waals surface area contributed by atoms with Crippen molar-refractivity contribution in [2.45, 2.75) is 19.5 Å². The summed E-state index contributed by atoms with van der Waals surface area (Å²) in [4.78, 5) is 18.3. The molecular weight excluding hydrogens is 258 g/mol. The fourth-order valence-corrected chi connectivity index (χ4v) is 2.20. The van der Waals surface area contributed by atoms with Gasteiger partial charge in [-0.1, -0.05) is 6.07 Å². The zero-order chi connectivity index (χ0) is 14.4. The highest BCUT2D eigenvalue weighted by molar-refractivity contribution is 5.81. The molecular formula is C13H21N5O2. The Kier molecular flexibility index (Phi) is 5.28. The van der Waals surface area contributed by atoms with Gasteiger partial charge in [0.1, 0.15) is 11.9 Å². The van der Waals surface area contributed by atoms with Gasteiger partial charge in [0.25, 0.3) is 0 Å². The number of nitrogen functional groups attached to an aromatic ring is 1. The molecule has 4 N–H and O–H groups in total. The van der Waals surface area contributed by atoms with Gasteiger partial charge in [-0.15, -0.1) is 0 Å². The molecule has 2 rings (SSSR count). The number of hydrogen-bond acceptors (Lipinski definition) is 6. The molecule has 1 unspecified atom stereocenters. The summed E-state index contributed by atoms with van der Waals surface area (Å²) < 4.78 is 5.41. The van der Waals surface area contributed by atoms with Crippen molar-refractivity contribution in [3.63, 3.8) is 0 Å². The summed E-state index contributed by atoms with van der Waals surface area (Å²) in [6.45, 7) is 5.02. The van der Waals surface area contributed by atoms with E-state index in [1.54, 1.807) is 6.20 Å². The van der Waals surface area contributed by atoms with E-state index in [2.05, 4.69) is 20.6 Å². The van der Waals surface area contributed by atoms with Crippen LogP contribution in [0, 0.1) is 0 Å². The van der Waals surface area contributed by atoms with Crippen LogP contribution < -0.4 is 16.6 Å². The van der Waals surface area contributed by atoms with Crippen molar-refractivity contribution in [3.05, 3.63) is 23.9 Å². The molecule has 1 saturated heterocycles. The molecule has 0 bridgehead atoms. The summed E-state index contributed by atoms with van der Waals surface area (Å²) in [6.07, 6.45) is 1.76. The van der Waals surface area contributed by atoms with Crippen LogP contribution in [0.1, 0.15) is 12.5 Å². The van der Waals surface area contributed by atoms with E-state index in [0.29, 0.717) is 32.1 Å². The van der Waals surface area contributed by atoms with E-state index < -0.39 is 0 Å². The van der Waals surface area contributed by atoms with Gasteiger partial charge in [-0.3, -0.25) is 9.69 Å². The van der Waals surface area contributed by atoms with E-state index >= 15 is 0 Å². The van der Waals surface area contributed by atoms with Crippen LogP contribution >= 0.6 is 0 Å². The number of amides is 1. The summed E-state index contributed by atoms with van der Waals surface area (Å²) in [5.74, 6) is 5.92. The quantitative estimate of drug-likeness (QED) is 0.506. The van der Waals surface area contributed by atoms with Crippen molar-refractivity contribution in [2.24, 2.45) is 5.84 Å². The number of pyridine rings is 1. The van der Waals surface area contributed by atoms with Gasteiger partial charge in [0.05, 0.1) is 13.2 Å². The minimum Gasteiger partial charge on any atom is -0.378 e. The first-order valence-corrected chi connectivity index (χ1v) is 6.75. The number of carbonyl (C=O) groups excluding carboxylic acids is 1. The molecule has 1 amide bonds. The molecule has 1 aliphatic heterocycles. The normalized spacial score (nSPS) is 19.6. The number of carbonyl (C=O) groups is 1. The first kappa shape index (κ1) is 14.7. The Hall–Kier alpha value is -1.70. The monoisotopic (exact) mass is 279 g/mol. The molecule has 20 heavy (non-hydrogen) atoms. The van der Waals surface area contributed by atoms with E-state index in [9.17, 15) is 4.79 Å². The molecule has 1 fully saturated rings. The number of hydrazine groups is 1. The van der Waals surface area contributed by atoms with E-state index in [1.165, 1.54) is 0 Å². The smallest absolute Gasteiger partial charge is 0.239 e. The van der Waals surface area contributed by atoms with Gasteiger partial charge in [0.15, 0.2) is 0 Å². The molecule has 7 nitrogen and oxygen atoms in total. The third-order valence-corrected chi connectivity index (χ3v) is 3.25. The number of ether oxygens (including phenoxy) is 1.